The fraction of sp³-hybridized carbons (Fsp3) is 0.667. The second kappa shape index (κ2) is 5.77. The van der Waals surface area contributed by atoms with E-state index >= 15 is 0 Å². The third-order valence-corrected chi connectivity index (χ3v) is 2.11. The van der Waals surface area contributed by atoms with Crippen LogP contribution in [0, 0.1) is 17.8 Å². The quantitative estimate of drug-likeness (QED) is 0.721. The van der Waals surface area contributed by atoms with E-state index < -0.39 is 5.95 Å². The zero-order valence-electron chi connectivity index (χ0n) is 10.4. The summed E-state index contributed by atoms with van der Waals surface area (Å²) >= 11 is 0. The molecule has 90 valence electrons. The fourth-order valence-electron chi connectivity index (χ4n) is 1.64. The summed E-state index contributed by atoms with van der Waals surface area (Å²) in [5, 5.41) is 0. The molecular formula is C12H20FN3. The molecule has 0 unspecified atom stereocenters. The number of hydrogen-bond acceptors (Lipinski definition) is 3. The van der Waals surface area contributed by atoms with E-state index in [1.54, 1.807) is 0 Å². The lowest BCUT2D eigenvalue weighted by Crippen LogP contribution is -2.32. The summed E-state index contributed by atoms with van der Waals surface area (Å²) < 4.78 is 13.0. The van der Waals surface area contributed by atoms with E-state index in [-0.39, 0.29) is 0 Å². The molecule has 0 aliphatic rings. The third-order valence-electron chi connectivity index (χ3n) is 2.11. The predicted octanol–water partition coefficient (Wildman–Crippen LogP) is 2.73. The molecule has 16 heavy (non-hydrogen) atoms. The normalized spacial score (nSPS) is 11.2. The van der Waals surface area contributed by atoms with Gasteiger partial charge in [-0.15, -0.1) is 0 Å². The van der Waals surface area contributed by atoms with Crippen molar-refractivity contribution in [2.75, 3.05) is 18.0 Å². The van der Waals surface area contributed by atoms with Crippen LogP contribution >= 0.6 is 0 Å². The average molecular weight is 225 g/mol. The van der Waals surface area contributed by atoms with Crippen molar-refractivity contribution < 1.29 is 4.39 Å². The van der Waals surface area contributed by atoms with Gasteiger partial charge >= 0.3 is 0 Å². The molecule has 3 nitrogen and oxygen atoms in total. The minimum Gasteiger partial charge on any atom is -0.356 e. The van der Waals surface area contributed by atoms with Gasteiger partial charge < -0.3 is 4.90 Å². The molecule has 0 N–H and O–H groups in total. The van der Waals surface area contributed by atoms with E-state index in [0.717, 1.165) is 13.1 Å². The van der Waals surface area contributed by atoms with E-state index in [9.17, 15) is 4.39 Å². The SMILES string of the molecule is CC(C)CN(CC(C)C)c1cc(F)ncn1. The predicted molar refractivity (Wildman–Crippen MR) is 63.9 cm³/mol. The van der Waals surface area contributed by atoms with Gasteiger partial charge in [0, 0.05) is 19.2 Å². The van der Waals surface area contributed by atoms with Crippen LogP contribution in [-0.4, -0.2) is 23.1 Å². The summed E-state index contributed by atoms with van der Waals surface area (Å²) in [6, 6.07) is 1.39. The van der Waals surface area contributed by atoms with Crippen LogP contribution in [0.15, 0.2) is 12.4 Å². The lowest BCUT2D eigenvalue weighted by molar-refractivity contribution is 0.540. The Labute approximate surface area is 96.7 Å². The molecule has 0 aromatic carbocycles. The second-order valence-electron chi connectivity index (χ2n) is 4.89. The van der Waals surface area contributed by atoms with Crippen LogP contribution in [0.25, 0.3) is 0 Å². The topological polar surface area (TPSA) is 29.0 Å². The molecule has 0 amide bonds. The van der Waals surface area contributed by atoms with Crippen LogP contribution in [0.5, 0.6) is 0 Å². The van der Waals surface area contributed by atoms with Gasteiger partial charge in [0.2, 0.25) is 5.95 Å². The van der Waals surface area contributed by atoms with Gasteiger partial charge in [-0.1, -0.05) is 27.7 Å². The Balaban J connectivity index is 2.82. The highest BCUT2D eigenvalue weighted by Gasteiger charge is 2.12. The van der Waals surface area contributed by atoms with Crippen molar-refractivity contribution in [1.82, 2.24) is 9.97 Å². The van der Waals surface area contributed by atoms with E-state index in [1.807, 2.05) is 0 Å². The van der Waals surface area contributed by atoms with Gasteiger partial charge in [0.15, 0.2) is 0 Å². The average Bonchev–Trinajstić information content (AvgIpc) is 2.15. The molecule has 0 aliphatic heterocycles. The molecule has 0 aliphatic carbocycles. The largest absolute Gasteiger partial charge is 0.356 e. The fourth-order valence-corrected chi connectivity index (χ4v) is 1.64. The van der Waals surface area contributed by atoms with Crippen molar-refractivity contribution >= 4 is 5.82 Å². The Kier molecular flexibility index (Phi) is 4.65. The van der Waals surface area contributed by atoms with Crippen LogP contribution in [0.1, 0.15) is 27.7 Å². The van der Waals surface area contributed by atoms with Gasteiger partial charge in [0.25, 0.3) is 0 Å². The monoisotopic (exact) mass is 225 g/mol. The highest BCUT2D eigenvalue weighted by Crippen LogP contribution is 2.14. The molecule has 1 heterocycles. The number of nitrogens with zero attached hydrogens (tertiary/aromatic N) is 3. The van der Waals surface area contributed by atoms with Crippen LogP contribution in [-0.2, 0) is 0 Å². The van der Waals surface area contributed by atoms with Crippen LogP contribution in [0.2, 0.25) is 0 Å². The van der Waals surface area contributed by atoms with Gasteiger partial charge in [0.1, 0.15) is 12.1 Å². The van der Waals surface area contributed by atoms with Crippen LogP contribution < -0.4 is 4.90 Å². The zero-order chi connectivity index (χ0) is 12.1. The van der Waals surface area contributed by atoms with E-state index in [1.165, 1.54) is 12.4 Å². The first-order valence-electron chi connectivity index (χ1n) is 5.71. The van der Waals surface area contributed by atoms with Gasteiger partial charge in [-0.25, -0.2) is 9.97 Å². The number of rotatable bonds is 5. The van der Waals surface area contributed by atoms with Crippen LogP contribution in [0.4, 0.5) is 10.2 Å². The van der Waals surface area contributed by atoms with Crippen molar-refractivity contribution in [3.8, 4) is 0 Å². The third kappa shape index (κ3) is 4.13. The molecular weight excluding hydrogens is 205 g/mol. The number of halogens is 1. The van der Waals surface area contributed by atoms with Crippen molar-refractivity contribution in [2.24, 2.45) is 11.8 Å². The van der Waals surface area contributed by atoms with Gasteiger partial charge in [-0.05, 0) is 11.8 Å². The summed E-state index contributed by atoms with van der Waals surface area (Å²) in [5.41, 5.74) is 0. The summed E-state index contributed by atoms with van der Waals surface area (Å²) in [7, 11) is 0. The van der Waals surface area contributed by atoms with E-state index in [2.05, 4.69) is 42.6 Å². The van der Waals surface area contributed by atoms with Gasteiger partial charge in [-0.2, -0.15) is 4.39 Å². The minimum absolute atomic E-state index is 0.470. The first-order valence-corrected chi connectivity index (χ1v) is 5.71. The maximum atomic E-state index is 13.0. The highest BCUT2D eigenvalue weighted by molar-refractivity contribution is 5.36. The maximum absolute atomic E-state index is 13.0. The Bertz CT molecular complexity index is 316. The molecule has 1 aromatic rings. The molecule has 0 saturated heterocycles. The standard InChI is InChI=1S/C12H20FN3/c1-9(2)6-16(7-10(3)4)12-5-11(13)14-8-15-12/h5,8-10H,6-7H2,1-4H3. The highest BCUT2D eigenvalue weighted by atomic mass is 19.1. The summed E-state index contributed by atoms with van der Waals surface area (Å²) in [6.07, 6.45) is 1.28. The molecule has 1 rings (SSSR count). The van der Waals surface area contributed by atoms with Crippen molar-refractivity contribution in [3.63, 3.8) is 0 Å². The zero-order valence-corrected chi connectivity index (χ0v) is 10.4. The Morgan fingerprint density at radius 1 is 1.12 bits per heavy atom. The molecule has 0 spiro atoms. The van der Waals surface area contributed by atoms with Crippen molar-refractivity contribution in [2.45, 2.75) is 27.7 Å². The van der Waals surface area contributed by atoms with Crippen LogP contribution in [0.3, 0.4) is 0 Å². The molecule has 1 aromatic heterocycles. The first-order chi connectivity index (χ1) is 7.49. The molecule has 4 heteroatoms. The summed E-state index contributed by atoms with van der Waals surface area (Å²) in [5.74, 6) is 1.26. The van der Waals surface area contributed by atoms with Crippen molar-refractivity contribution in [1.29, 1.82) is 0 Å². The second-order valence-corrected chi connectivity index (χ2v) is 4.89. The lowest BCUT2D eigenvalue weighted by Gasteiger charge is -2.27. The summed E-state index contributed by atoms with van der Waals surface area (Å²) in [4.78, 5) is 9.71. The smallest absolute Gasteiger partial charge is 0.218 e. The lowest BCUT2D eigenvalue weighted by atomic mass is 10.1. The molecule has 0 bridgehead atoms. The molecule has 0 fully saturated rings. The number of anilines is 1. The first kappa shape index (κ1) is 12.9. The summed E-state index contributed by atoms with van der Waals surface area (Å²) in [6.45, 7) is 10.3. The molecule has 0 atom stereocenters. The molecule has 0 radical (unpaired) electrons. The number of aromatic nitrogens is 2. The van der Waals surface area contributed by atoms with Gasteiger partial charge in [0.05, 0.1) is 0 Å². The van der Waals surface area contributed by atoms with E-state index in [4.69, 9.17) is 0 Å². The number of hydrogen-bond donors (Lipinski definition) is 0. The van der Waals surface area contributed by atoms with E-state index in [0.29, 0.717) is 17.7 Å². The molecule has 0 saturated carbocycles. The Morgan fingerprint density at radius 2 is 1.69 bits per heavy atom. The van der Waals surface area contributed by atoms with Gasteiger partial charge in [-0.3, -0.25) is 0 Å². The maximum Gasteiger partial charge on any atom is 0.218 e. The Morgan fingerprint density at radius 3 is 2.12 bits per heavy atom. The van der Waals surface area contributed by atoms with Crippen molar-refractivity contribution in [3.05, 3.63) is 18.3 Å². The minimum atomic E-state index is -0.470. The Hall–Kier alpha value is -1.19.